The molecular formula is C16H19NO4. The smallest absolute Gasteiger partial charge is 0.328 e. The summed E-state index contributed by atoms with van der Waals surface area (Å²) in [6.07, 6.45) is 4.83. The second-order valence-corrected chi connectivity index (χ2v) is 5.26. The lowest BCUT2D eigenvalue weighted by atomic mass is 10.1. The van der Waals surface area contributed by atoms with Crippen molar-refractivity contribution in [3.8, 4) is 5.75 Å². The van der Waals surface area contributed by atoms with Gasteiger partial charge in [0.2, 0.25) is 0 Å². The maximum atomic E-state index is 12.3. The number of ether oxygens (including phenoxy) is 1. The highest BCUT2D eigenvalue weighted by molar-refractivity contribution is 5.95. The van der Waals surface area contributed by atoms with Gasteiger partial charge in [-0.05, 0) is 43.0 Å². The van der Waals surface area contributed by atoms with Crippen molar-refractivity contribution in [3.63, 3.8) is 0 Å². The molecule has 0 saturated heterocycles. The Morgan fingerprint density at radius 3 is 2.71 bits per heavy atom. The summed E-state index contributed by atoms with van der Waals surface area (Å²) in [6, 6.07) is 5.03. The SMILES string of the molecule is COc1ccc(C(=O)N(C)CC2CC2)cc1C=CC(=O)O. The van der Waals surface area contributed by atoms with Crippen LogP contribution < -0.4 is 4.74 Å². The minimum absolute atomic E-state index is 0.0606. The number of carbonyl (C=O) groups is 2. The Kier molecular flexibility index (Phi) is 4.62. The van der Waals surface area contributed by atoms with Crippen molar-refractivity contribution in [2.24, 2.45) is 5.92 Å². The van der Waals surface area contributed by atoms with Crippen molar-refractivity contribution in [2.75, 3.05) is 20.7 Å². The molecule has 1 aromatic rings. The predicted molar refractivity (Wildman–Crippen MR) is 79.3 cm³/mol. The fourth-order valence-electron chi connectivity index (χ4n) is 2.15. The van der Waals surface area contributed by atoms with Gasteiger partial charge in [0, 0.05) is 30.8 Å². The van der Waals surface area contributed by atoms with Crippen LogP contribution in [0, 0.1) is 5.92 Å². The van der Waals surface area contributed by atoms with Gasteiger partial charge in [-0.3, -0.25) is 4.79 Å². The van der Waals surface area contributed by atoms with Crippen molar-refractivity contribution in [3.05, 3.63) is 35.4 Å². The van der Waals surface area contributed by atoms with E-state index in [4.69, 9.17) is 9.84 Å². The lowest BCUT2D eigenvalue weighted by Crippen LogP contribution is -2.28. The van der Waals surface area contributed by atoms with E-state index >= 15 is 0 Å². The summed E-state index contributed by atoms with van der Waals surface area (Å²) < 4.78 is 5.18. The predicted octanol–water partition coefficient (Wildman–Crippen LogP) is 2.27. The molecule has 0 spiro atoms. The van der Waals surface area contributed by atoms with Crippen molar-refractivity contribution in [1.29, 1.82) is 0 Å². The van der Waals surface area contributed by atoms with E-state index in [2.05, 4.69) is 0 Å². The Morgan fingerprint density at radius 2 is 2.14 bits per heavy atom. The van der Waals surface area contributed by atoms with Gasteiger partial charge < -0.3 is 14.7 Å². The summed E-state index contributed by atoms with van der Waals surface area (Å²) in [5.74, 6) is 0.0617. The monoisotopic (exact) mass is 289 g/mol. The van der Waals surface area contributed by atoms with E-state index in [0.29, 0.717) is 22.8 Å². The van der Waals surface area contributed by atoms with Crippen molar-refractivity contribution < 1.29 is 19.4 Å². The molecule has 0 unspecified atom stereocenters. The first-order valence-electron chi connectivity index (χ1n) is 6.85. The van der Waals surface area contributed by atoms with E-state index in [1.54, 1.807) is 30.1 Å². The minimum atomic E-state index is -1.04. The number of benzene rings is 1. The largest absolute Gasteiger partial charge is 0.496 e. The molecule has 1 aliphatic rings. The molecule has 0 radical (unpaired) electrons. The fourth-order valence-corrected chi connectivity index (χ4v) is 2.15. The Labute approximate surface area is 123 Å². The lowest BCUT2D eigenvalue weighted by Gasteiger charge is -2.17. The van der Waals surface area contributed by atoms with E-state index < -0.39 is 5.97 Å². The first kappa shape index (κ1) is 15.1. The number of aliphatic carboxylic acids is 1. The Balaban J connectivity index is 2.21. The number of carboxylic acids is 1. The molecule has 0 heterocycles. The number of carboxylic acid groups (broad SMARTS) is 1. The van der Waals surface area contributed by atoms with Crippen LogP contribution in [0.1, 0.15) is 28.8 Å². The van der Waals surface area contributed by atoms with Crippen molar-refractivity contribution in [2.45, 2.75) is 12.8 Å². The van der Waals surface area contributed by atoms with Gasteiger partial charge in [0.1, 0.15) is 5.75 Å². The van der Waals surface area contributed by atoms with Gasteiger partial charge in [-0.1, -0.05) is 0 Å². The van der Waals surface area contributed by atoms with E-state index in [0.717, 1.165) is 12.6 Å². The van der Waals surface area contributed by atoms with Crippen LogP contribution in [0.25, 0.3) is 6.08 Å². The van der Waals surface area contributed by atoms with Crippen molar-refractivity contribution in [1.82, 2.24) is 4.90 Å². The third-order valence-corrected chi connectivity index (χ3v) is 3.46. The molecule has 1 N–H and O–H groups in total. The summed E-state index contributed by atoms with van der Waals surface area (Å²) >= 11 is 0. The number of rotatable bonds is 6. The normalized spacial score (nSPS) is 14.2. The molecule has 1 fully saturated rings. The Bertz CT molecular complexity index is 576. The minimum Gasteiger partial charge on any atom is -0.496 e. The molecule has 0 aromatic heterocycles. The zero-order valence-corrected chi connectivity index (χ0v) is 12.2. The Hall–Kier alpha value is -2.30. The molecule has 1 amide bonds. The van der Waals surface area contributed by atoms with E-state index in [1.807, 2.05) is 0 Å². The molecule has 1 aromatic carbocycles. The van der Waals surface area contributed by atoms with Gasteiger partial charge in [0.25, 0.3) is 5.91 Å². The maximum Gasteiger partial charge on any atom is 0.328 e. The van der Waals surface area contributed by atoms with Crippen LogP contribution in [-0.4, -0.2) is 42.6 Å². The van der Waals surface area contributed by atoms with Gasteiger partial charge in [0.05, 0.1) is 7.11 Å². The molecule has 0 bridgehead atoms. The van der Waals surface area contributed by atoms with Gasteiger partial charge in [-0.25, -0.2) is 4.79 Å². The molecule has 112 valence electrons. The molecule has 1 aliphatic carbocycles. The third kappa shape index (κ3) is 4.08. The summed E-state index contributed by atoms with van der Waals surface area (Å²) in [5, 5.41) is 8.71. The summed E-state index contributed by atoms with van der Waals surface area (Å²) in [6.45, 7) is 0.769. The molecule has 5 nitrogen and oxygen atoms in total. The quantitative estimate of drug-likeness (QED) is 0.816. The number of carbonyl (C=O) groups excluding carboxylic acids is 1. The highest BCUT2D eigenvalue weighted by Crippen LogP contribution is 2.30. The zero-order chi connectivity index (χ0) is 15.4. The third-order valence-electron chi connectivity index (χ3n) is 3.46. The average Bonchev–Trinajstić information content (AvgIpc) is 3.27. The maximum absolute atomic E-state index is 12.3. The number of hydrogen-bond acceptors (Lipinski definition) is 3. The van der Waals surface area contributed by atoms with Crippen LogP contribution in [0.4, 0.5) is 0 Å². The highest BCUT2D eigenvalue weighted by Gasteiger charge is 2.25. The molecule has 5 heteroatoms. The van der Waals surface area contributed by atoms with Gasteiger partial charge >= 0.3 is 5.97 Å². The van der Waals surface area contributed by atoms with E-state index in [9.17, 15) is 9.59 Å². The molecule has 0 atom stereocenters. The zero-order valence-electron chi connectivity index (χ0n) is 12.2. The molecule has 21 heavy (non-hydrogen) atoms. The second kappa shape index (κ2) is 6.43. The van der Waals surface area contributed by atoms with E-state index in [-0.39, 0.29) is 5.91 Å². The first-order chi connectivity index (χ1) is 10.0. The van der Waals surface area contributed by atoms with Crippen LogP contribution in [-0.2, 0) is 4.79 Å². The van der Waals surface area contributed by atoms with Crippen LogP contribution >= 0.6 is 0 Å². The fraction of sp³-hybridized carbons (Fsp3) is 0.375. The van der Waals surface area contributed by atoms with Crippen molar-refractivity contribution >= 4 is 18.0 Å². The molecule has 2 rings (SSSR count). The number of amides is 1. The summed E-state index contributed by atoms with van der Waals surface area (Å²) in [4.78, 5) is 24.7. The van der Waals surface area contributed by atoms with Gasteiger partial charge in [-0.15, -0.1) is 0 Å². The molecule has 1 saturated carbocycles. The molecule has 0 aliphatic heterocycles. The summed E-state index contributed by atoms with van der Waals surface area (Å²) in [7, 11) is 3.30. The second-order valence-electron chi connectivity index (χ2n) is 5.26. The number of hydrogen-bond donors (Lipinski definition) is 1. The average molecular weight is 289 g/mol. The van der Waals surface area contributed by atoms with Gasteiger partial charge in [-0.2, -0.15) is 0 Å². The van der Waals surface area contributed by atoms with Crippen LogP contribution in [0.3, 0.4) is 0 Å². The first-order valence-corrected chi connectivity index (χ1v) is 6.85. The lowest BCUT2D eigenvalue weighted by molar-refractivity contribution is -0.131. The standard InChI is InChI=1S/C16H19NO4/c1-17(10-11-3-4-11)16(20)13-5-7-14(21-2)12(9-13)6-8-15(18)19/h5-9,11H,3-4,10H2,1-2H3,(H,18,19). The van der Waals surface area contributed by atoms with Crippen LogP contribution in [0.2, 0.25) is 0 Å². The topological polar surface area (TPSA) is 66.8 Å². The summed E-state index contributed by atoms with van der Waals surface area (Å²) in [5.41, 5.74) is 1.11. The Morgan fingerprint density at radius 1 is 1.43 bits per heavy atom. The number of methoxy groups -OCH3 is 1. The number of nitrogens with zero attached hydrogens (tertiary/aromatic N) is 1. The highest BCUT2D eigenvalue weighted by atomic mass is 16.5. The van der Waals surface area contributed by atoms with Gasteiger partial charge in [0.15, 0.2) is 0 Å². The van der Waals surface area contributed by atoms with E-state index in [1.165, 1.54) is 26.0 Å². The van der Waals surface area contributed by atoms with Crippen LogP contribution in [0.15, 0.2) is 24.3 Å². The van der Waals surface area contributed by atoms with Crippen LogP contribution in [0.5, 0.6) is 5.75 Å². The molecular weight excluding hydrogens is 270 g/mol.